The minimum absolute atomic E-state index is 0.607. The minimum atomic E-state index is 0.607. The van der Waals surface area contributed by atoms with Gasteiger partial charge < -0.3 is 0 Å². The van der Waals surface area contributed by atoms with E-state index in [2.05, 4.69) is 65.3 Å². The Hall–Kier alpha value is -1.08. The molecule has 0 N–H and O–H groups in total. The highest BCUT2D eigenvalue weighted by atomic mass is 79.9. The van der Waals surface area contributed by atoms with E-state index in [1.54, 1.807) is 0 Å². The highest BCUT2D eigenvalue weighted by Gasteiger charge is 2.19. The van der Waals surface area contributed by atoms with Crippen LogP contribution in [0.15, 0.2) is 40.9 Å². The first-order valence-electron chi connectivity index (χ1n) is 6.20. The predicted octanol–water partition coefficient (Wildman–Crippen LogP) is 5.51. The number of allylic oxidation sites excluding steroid dienone is 1. The van der Waals surface area contributed by atoms with Crippen LogP contribution < -0.4 is 0 Å². The lowest BCUT2D eigenvalue weighted by Gasteiger charge is -2.12. The van der Waals surface area contributed by atoms with Gasteiger partial charge in [0.25, 0.3) is 0 Å². The molecule has 0 heterocycles. The van der Waals surface area contributed by atoms with Crippen molar-refractivity contribution in [3.05, 3.63) is 52.0 Å². The molecule has 86 valence electrons. The van der Waals surface area contributed by atoms with Gasteiger partial charge in [0, 0.05) is 10.4 Å². The first-order valence-corrected chi connectivity index (χ1v) is 7.00. The van der Waals surface area contributed by atoms with Gasteiger partial charge in [-0.3, -0.25) is 0 Å². The molecule has 2 aromatic rings. The molecule has 1 atom stereocenters. The van der Waals surface area contributed by atoms with Crippen molar-refractivity contribution in [2.24, 2.45) is 0 Å². The Labute approximate surface area is 110 Å². The molecular formula is C16H15Br. The second-order valence-electron chi connectivity index (χ2n) is 4.66. The summed E-state index contributed by atoms with van der Waals surface area (Å²) in [6.45, 7) is 2.25. The van der Waals surface area contributed by atoms with Crippen LogP contribution in [0, 0.1) is 0 Å². The lowest BCUT2D eigenvalue weighted by molar-refractivity contribution is 0.726. The van der Waals surface area contributed by atoms with Gasteiger partial charge in [0.05, 0.1) is 0 Å². The number of hydrogen-bond acceptors (Lipinski definition) is 0. The van der Waals surface area contributed by atoms with E-state index in [-0.39, 0.29) is 0 Å². The molecule has 0 nitrogen and oxygen atoms in total. The van der Waals surface area contributed by atoms with Gasteiger partial charge in [0.2, 0.25) is 0 Å². The van der Waals surface area contributed by atoms with E-state index < -0.39 is 0 Å². The molecule has 0 saturated heterocycles. The molecule has 1 aliphatic rings. The molecule has 0 aromatic heterocycles. The summed E-state index contributed by atoms with van der Waals surface area (Å²) in [5.41, 5.74) is 2.90. The van der Waals surface area contributed by atoms with Crippen LogP contribution in [0.25, 0.3) is 16.8 Å². The Morgan fingerprint density at radius 2 is 1.94 bits per heavy atom. The van der Waals surface area contributed by atoms with Gasteiger partial charge in [-0.2, -0.15) is 0 Å². The van der Waals surface area contributed by atoms with Crippen molar-refractivity contribution < 1.29 is 0 Å². The molecular weight excluding hydrogens is 272 g/mol. The first kappa shape index (κ1) is 11.0. The van der Waals surface area contributed by atoms with Crippen molar-refractivity contribution in [2.45, 2.75) is 25.7 Å². The quantitative estimate of drug-likeness (QED) is 0.683. The molecule has 17 heavy (non-hydrogen) atoms. The molecule has 0 radical (unpaired) electrons. The zero-order valence-corrected chi connectivity index (χ0v) is 11.5. The SMILES string of the molecule is CCCC1C=Cc2c1cc(Br)c1ccccc21. The Balaban J connectivity index is 2.25. The van der Waals surface area contributed by atoms with Gasteiger partial charge in [0.1, 0.15) is 0 Å². The average Bonchev–Trinajstić information content (AvgIpc) is 2.74. The fraction of sp³-hybridized carbons (Fsp3) is 0.250. The van der Waals surface area contributed by atoms with E-state index in [1.165, 1.54) is 39.2 Å². The molecule has 0 bridgehead atoms. The summed E-state index contributed by atoms with van der Waals surface area (Å²) in [6.07, 6.45) is 7.13. The third kappa shape index (κ3) is 1.73. The van der Waals surface area contributed by atoms with Crippen LogP contribution in [0.5, 0.6) is 0 Å². The maximum Gasteiger partial charge on any atom is 0.0257 e. The fourth-order valence-corrected chi connectivity index (χ4v) is 3.34. The number of halogens is 1. The third-order valence-corrected chi connectivity index (χ3v) is 4.22. The van der Waals surface area contributed by atoms with Crippen LogP contribution in [0.4, 0.5) is 0 Å². The Kier molecular flexibility index (Phi) is 2.79. The Morgan fingerprint density at radius 3 is 2.71 bits per heavy atom. The van der Waals surface area contributed by atoms with Gasteiger partial charge >= 0.3 is 0 Å². The van der Waals surface area contributed by atoms with Crippen molar-refractivity contribution in [3.8, 4) is 0 Å². The van der Waals surface area contributed by atoms with E-state index >= 15 is 0 Å². The molecule has 1 unspecified atom stereocenters. The largest absolute Gasteiger partial charge is 0.0764 e. The summed E-state index contributed by atoms with van der Waals surface area (Å²) in [6, 6.07) is 10.9. The number of benzene rings is 2. The number of hydrogen-bond donors (Lipinski definition) is 0. The lowest BCUT2D eigenvalue weighted by atomic mass is 9.93. The molecule has 2 aromatic carbocycles. The lowest BCUT2D eigenvalue weighted by Crippen LogP contribution is -1.93. The van der Waals surface area contributed by atoms with Crippen molar-refractivity contribution in [3.63, 3.8) is 0 Å². The van der Waals surface area contributed by atoms with Gasteiger partial charge in [0.15, 0.2) is 0 Å². The molecule has 0 spiro atoms. The standard InChI is InChI=1S/C16H15Br/c1-2-5-11-8-9-13-12-6-3-4-7-14(12)16(17)10-15(11)13/h3-4,6-11H,2,5H2,1H3. The van der Waals surface area contributed by atoms with Gasteiger partial charge in [-0.1, -0.05) is 65.7 Å². The number of rotatable bonds is 2. The number of fused-ring (bicyclic) bond motifs is 3. The van der Waals surface area contributed by atoms with Crippen LogP contribution in [-0.2, 0) is 0 Å². The van der Waals surface area contributed by atoms with Crippen LogP contribution in [-0.4, -0.2) is 0 Å². The summed E-state index contributed by atoms with van der Waals surface area (Å²) < 4.78 is 1.22. The highest BCUT2D eigenvalue weighted by Crippen LogP contribution is 2.40. The smallest absolute Gasteiger partial charge is 0.0257 e. The van der Waals surface area contributed by atoms with Crippen molar-refractivity contribution in [1.82, 2.24) is 0 Å². The monoisotopic (exact) mass is 286 g/mol. The molecule has 0 aliphatic heterocycles. The highest BCUT2D eigenvalue weighted by molar-refractivity contribution is 9.10. The normalized spacial score (nSPS) is 17.6. The van der Waals surface area contributed by atoms with E-state index in [0.717, 1.165) is 0 Å². The molecule has 3 rings (SSSR count). The van der Waals surface area contributed by atoms with E-state index in [4.69, 9.17) is 0 Å². The van der Waals surface area contributed by atoms with Crippen LogP contribution in [0.1, 0.15) is 36.8 Å². The Morgan fingerprint density at radius 1 is 1.18 bits per heavy atom. The molecule has 0 amide bonds. The zero-order chi connectivity index (χ0) is 11.8. The summed E-state index contributed by atoms with van der Waals surface area (Å²) >= 11 is 3.70. The van der Waals surface area contributed by atoms with Crippen molar-refractivity contribution in [1.29, 1.82) is 0 Å². The fourth-order valence-electron chi connectivity index (χ4n) is 2.75. The van der Waals surface area contributed by atoms with Gasteiger partial charge in [-0.25, -0.2) is 0 Å². The van der Waals surface area contributed by atoms with Crippen molar-refractivity contribution in [2.75, 3.05) is 0 Å². The zero-order valence-electron chi connectivity index (χ0n) is 9.91. The van der Waals surface area contributed by atoms with Crippen molar-refractivity contribution >= 4 is 32.8 Å². The van der Waals surface area contributed by atoms with Gasteiger partial charge in [-0.15, -0.1) is 0 Å². The summed E-state index contributed by atoms with van der Waals surface area (Å²) in [4.78, 5) is 0. The topological polar surface area (TPSA) is 0 Å². The second kappa shape index (κ2) is 4.30. The van der Waals surface area contributed by atoms with Crippen LogP contribution in [0.2, 0.25) is 0 Å². The summed E-state index contributed by atoms with van der Waals surface area (Å²) in [5, 5.41) is 2.68. The van der Waals surface area contributed by atoms with Gasteiger partial charge in [-0.05, 0) is 34.4 Å². The first-order chi connectivity index (χ1) is 8.31. The Bertz CT molecular complexity index is 596. The van der Waals surface area contributed by atoms with E-state index in [1.807, 2.05) is 0 Å². The summed E-state index contributed by atoms with van der Waals surface area (Å²) in [7, 11) is 0. The maximum atomic E-state index is 3.70. The molecule has 0 saturated carbocycles. The third-order valence-electron chi connectivity index (χ3n) is 3.56. The molecule has 1 aliphatic carbocycles. The second-order valence-corrected chi connectivity index (χ2v) is 5.52. The van der Waals surface area contributed by atoms with E-state index in [9.17, 15) is 0 Å². The van der Waals surface area contributed by atoms with Crippen LogP contribution in [0.3, 0.4) is 0 Å². The molecule has 1 heteroatoms. The maximum absolute atomic E-state index is 3.70. The van der Waals surface area contributed by atoms with Crippen LogP contribution >= 0.6 is 15.9 Å². The summed E-state index contributed by atoms with van der Waals surface area (Å²) in [5.74, 6) is 0.607. The minimum Gasteiger partial charge on any atom is -0.0764 e. The average molecular weight is 287 g/mol. The van der Waals surface area contributed by atoms with E-state index in [0.29, 0.717) is 5.92 Å². The molecule has 0 fully saturated rings. The predicted molar refractivity (Wildman–Crippen MR) is 78.3 cm³/mol.